The van der Waals surface area contributed by atoms with E-state index in [1.165, 1.54) is 16.4 Å². The topological polar surface area (TPSA) is 83.8 Å². The van der Waals surface area contributed by atoms with Gasteiger partial charge in [0.15, 0.2) is 0 Å². The fourth-order valence-corrected chi connectivity index (χ4v) is 5.47. The molecular formula is C24H22N4O3S. The second-order valence-electron chi connectivity index (χ2n) is 7.69. The van der Waals surface area contributed by atoms with Crippen molar-refractivity contribution in [2.45, 2.75) is 17.7 Å². The highest BCUT2D eigenvalue weighted by molar-refractivity contribution is 7.89. The van der Waals surface area contributed by atoms with E-state index < -0.39 is 10.0 Å². The highest BCUT2D eigenvalue weighted by Gasteiger charge is 2.27. The van der Waals surface area contributed by atoms with Gasteiger partial charge in [-0.1, -0.05) is 36.4 Å². The lowest BCUT2D eigenvalue weighted by Gasteiger charge is -2.15. The minimum atomic E-state index is -3.52. The highest BCUT2D eigenvalue weighted by Crippen LogP contribution is 2.29. The van der Waals surface area contributed by atoms with Crippen molar-refractivity contribution >= 4 is 27.4 Å². The molecule has 0 atom stereocenters. The summed E-state index contributed by atoms with van der Waals surface area (Å²) in [5.74, 6) is 0.225. The molecule has 2 aromatic heterocycles. The normalized spacial score (nSPS) is 14.6. The van der Waals surface area contributed by atoms with Gasteiger partial charge in [0.25, 0.3) is 5.91 Å². The van der Waals surface area contributed by atoms with E-state index in [0.717, 1.165) is 18.4 Å². The number of amides is 1. The Kier molecular flexibility index (Phi) is 5.24. The molecule has 2 aromatic carbocycles. The molecule has 3 heterocycles. The van der Waals surface area contributed by atoms with Crippen LogP contribution in [0.5, 0.6) is 0 Å². The summed E-state index contributed by atoms with van der Waals surface area (Å²) in [5, 5.41) is 2.96. The van der Waals surface area contributed by atoms with E-state index in [1.807, 2.05) is 59.1 Å². The summed E-state index contributed by atoms with van der Waals surface area (Å²) in [4.78, 5) is 17.9. The van der Waals surface area contributed by atoms with Gasteiger partial charge >= 0.3 is 0 Å². The first-order valence-electron chi connectivity index (χ1n) is 10.5. The van der Waals surface area contributed by atoms with Crippen molar-refractivity contribution in [1.29, 1.82) is 0 Å². The van der Waals surface area contributed by atoms with Gasteiger partial charge in [-0.25, -0.2) is 13.4 Å². The number of nitrogens with one attached hydrogen (secondary N) is 1. The number of nitrogens with zero attached hydrogens (tertiary/aromatic N) is 3. The van der Waals surface area contributed by atoms with Crippen LogP contribution in [0.15, 0.2) is 83.9 Å². The van der Waals surface area contributed by atoms with Crippen LogP contribution in [0, 0.1) is 0 Å². The van der Waals surface area contributed by atoms with E-state index in [2.05, 4.69) is 10.3 Å². The van der Waals surface area contributed by atoms with Crippen molar-refractivity contribution < 1.29 is 13.2 Å². The van der Waals surface area contributed by atoms with Crippen LogP contribution in [0.4, 0.5) is 5.82 Å². The van der Waals surface area contributed by atoms with Crippen molar-refractivity contribution in [2.24, 2.45) is 0 Å². The van der Waals surface area contributed by atoms with Crippen molar-refractivity contribution in [3.8, 4) is 11.3 Å². The molecule has 7 nitrogen and oxygen atoms in total. The van der Waals surface area contributed by atoms with E-state index in [4.69, 9.17) is 0 Å². The molecule has 8 heteroatoms. The number of hydrogen-bond donors (Lipinski definition) is 1. The number of carbonyl (C=O) groups is 1. The number of carbonyl (C=O) groups excluding carboxylic acids is 1. The fraction of sp³-hybridized carbons (Fsp3) is 0.167. The van der Waals surface area contributed by atoms with Crippen molar-refractivity contribution in [1.82, 2.24) is 13.7 Å². The first-order chi connectivity index (χ1) is 15.5. The molecule has 0 aliphatic carbocycles. The number of benzene rings is 2. The molecule has 1 amide bonds. The summed E-state index contributed by atoms with van der Waals surface area (Å²) in [6.45, 7) is 1.09. The zero-order valence-corrected chi connectivity index (χ0v) is 18.1. The molecule has 0 saturated carbocycles. The van der Waals surface area contributed by atoms with Gasteiger partial charge in [-0.3, -0.25) is 9.20 Å². The van der Waals surface area contributed by atoms with Gasteiger partial charge in [0.2, 0.25) is 10.0 Å². The van der Waals surface area contributed by atoms with E-state index in [0.29, 0.717) is 35.8 Å². The zero-order chi connectivity index (χ0) is 22.1. The molecule has 1 saturated heterocycles. The number of rotatable bonds is 5. The van der Waals surface area contributed by atoms with Crippen LogP contribution in [-0.4, -0.2) is 41.1 Å². The number of hydrogen-bond acceptors (Lipinski definition) is 4. The summed E-state index contributed by atoms with van der Waals surface area (Å²) >= 11 is 0. The average Bonchev–Trinajstić information content (AvgIpc) is 3.49. The Hall–Kier alpha value is -3.49. The van der Waals surface area contributed by atoms with Crippen LogP contribution < -0.4 is 5.32 Å². The molecule has 0 bridgehead atoms. The average molecular weight is 447 g/mol. The standard InChI is InChI=1S/C24H22N4O3S/c29-24(19-11-13-20(14-12-19)32(30,31)27-15-6-7-16-27)26-23-22(18-8-2-1-3-9-18)25-21-10-4-5-17-28(21)23/h1-5,8-14,17H,6-7,15-16H2,(H,26,29). The van der Waals surface area contributed by atoms with Gasteiger partial charge < -0.3 is 5.32 Å². The molecular weight excluding hydrogens is 424 g/mol. The minimum Gasteiger partial charge on any atom is -0.306 e. The molecule has 1 N–H and O–H groups in total. The van der Waals surface area contributed by atoms with Crippen LogP contribution in [0.3, 0.4) is 0 Å². The summed E-state index contributed by atoms with van der Waals surface area (Å²) in [5.41, 5.74) is 2.64. The Balaban J connectivity index is 1.45. The van der Waals surface area contributed by atoms with Crippen molar-refractivity contribution in [2.75, 3.05) is 18.4 Å². The van der Waals surface area contributed by atoms with Gasteiger partial charge in [-0.2, -0.15) is 4.31 Å². The highest BCUT2D eigenvalue weighted by atomic mass is 32.2. The Morgan fingerprint density at radius 2 is 1.56 bits per heavy atom. The third-order valence-electron chi connectivity index (χ3n) is 5.63. The second-order valence-corrected chi connectivity index (χ2v) is 9.63. The number of anilines is 1. The van der Waals surface area contributed by atoms with Gasteiger partial charge in [0.05, 0.1) is 4.90 Å². The maximum atomic E-state index is 13.0. The number of imidazole rings is 1. The summed E-state index contributed by atoms with van der Waals surface area (Å²) in [6, 6.07) is 21.4. The number of fused-ring (bicyclic) bond motifs is 1. The van der Waals surface area contributed by atoms with E-state index in [9.17, 15) is 13.2 Å². The second kappa shape index (κ2) is 8.22. The van der Waals surface area contributed by atoms with Gasteiger partial charge in [-0.05, 0) is 49.2 Å². The zero-order valence-electron chi connectivity index (χ0n) is 17.3. The maximum Gasteiger partial charge on any atom is 0.256 e. The SMILES string of the molecule is O=C(Nc1c(-c2ccccc2)nc2ccccn12)c1ccc(S(=O)(=O)N2CCCC2)cc1. The first-order valence-corrected chi connectivity index (χ1v) is 11.9. The van der Waals surface area contributed by atoms with E-state index in [-0.39, 0.29) is 10.8 Å². The maximum absolute atomic E-state index is 13.0. The van der Waals surface area contributed by atoms with Gasteiger partial charge in [0, 0.05) is 30.4 Å². The van der Waals surface area contributed by atoms with Crippen LogP contribution in [0.2, 0.25) is 0 Å². The summed E-state index contributed by atoms with van der Waals surface area (Å²) in [7, 11) is -3.52. The lowest BCUT2D eigenvalue weighted by Crippen LogP contribution is -2.27. The molecule has 1 fully saturated rings. The van der Waals surface area contributed by atoms with Gasteiger partial charge in [-0.15, -0.1) is 0 Å². The van der Waals surface area contributed by atoms with Crippen LogP contribution in [0.1, 0.15) is 23.2 Å². The lowest BCUT2D eigenvalue weighted by molar-refractivity contribution is 0.102. The first kappa shape index (κ1) is 20.4. The molecule has 0 unspecified atom stereocenters. The van der Waals surface area contributed by atoms with Crippen LogP contribution >= 0.6 is 0 Å². The monoisotopic (exact) mass is 446 g/mol. The van der Waals surface area contributed by atoms with Crippen LogP contribution in [-0.2, 0) is 10.0 Å². The summed E-state index contributed by atoms with van der Waals surface area (Å²) < 4.78 is 28.8. The largest absolute Gasteiger partial charge is 0.306 e. The Labute approximate surface area is 186 Å². The molecule has 0 spiro atoms. The van der Waals surface area contributed by atoms with Crippen molar-refractivity contribution in [3.63, 3.8) is 0 Å². The molecule has 32 heavy (non-hydrogen) atoms. The third-order valence-corrected chi connectivity index (χ3v) is 7.54. The number of aromatic nitrogens is 2. The lowest BCUT2D eigenvalue weighted by atomic mass is 10.1. The summed E-state index contributed by atoms with van der Waals surface area (Å²) in [6.07, 6.45) is 3.60. The molecule has 0 radical (unpaired) electrons. The predicted molar refractivity (Wildman–Crippen MR) is 123 cm³/mol. The third kappa shape index (κ3) is 3.68. The van der Waals surface area contributed by atoms with E-state index >= 15 is 0 Å². The smallest absolute Gasteiger partial charge is 0.256 e. The van der Waals surface area contributed by atoms with Gasteiger partial charge in [0.1, 0.15) is 17.2 Å². The minimum absolute atomic E-state index is 0.204. The van der Waals surface area contributed by atoms with Crippen LogP contribution in [0.25, 0.3) is 16.9 Å². The molecule has 1 aliphatic heterocycles. The Bertz CT molecular complexity index is 1370. The van der Waals surface area contributed by atoms with E-state index in [1.54, 1.807) is 12.1 Å². The fourth-order valence-electron chi connectivity index (χ4n) is 3.95. The Morgan fingerprint density at radius 3 is 2.28 bits per heavy atom. The predicted octanol–water partition coefficient (Wildman–Crippen LogP) is 4.04. The molecule has 4 aromatic rings. The quantitative estimate of drug-likeness (QED) is 0.502. The number of sulfonamides is 1. The molecule has 5 rings (SSSR count). The Morgan fingerprint density at radius 1 is 0.875 bits per heavy atom. The molecule has 162 valence electrons. The molecule has 1 aliphatic rings. The number of pyridine rings is 1. The van der Waals surface area contributed by atoms with Crippen molar-refractivity contribution in [3.05, 3.63) is 84.6 Å².